The van der Waals surface area contributed by atoms with Crippen molar-refractivity contribution in [3.63, 3.8) is 0 Å². The highest BCUT2D eigenvalue weighted by atomic mass is 16.5. The van der Waals surface area contributed by atoms with Gasteiger partial charge in [-0.15, -0.1) is 0 Å². The van der Waals surface area contributed by atoms with E-state index in [9.17, 15) is 9.59 Å². The van der Waals surface area contributed by atoms with Gasteiger partial charge in [0, 0.05) is 38.4 Å². The molecule has 1 aromatic rings. The Bertz CT molecular complexity index is 485. The van der Waals surface area contributed by atoms with Gasteiger partial charge in [-0.05, 0) is 19.5 Å². The van der Waals surface area contributed by atoms with Crippen molar-refractivity contribution in [1.82, 2.24) is 9.88 Å². The number of ether oxygens (including phenoxy) is 1. The van der Waals surface area contributed by atoms with Crippen molar-refractivity contribution >= 4 is 11.6 Å². The quantitative estimate of drug-likeness (QED) is 0.740. The van der Waals surface area contributed by atoms with Crippen LogP contribution in [0.3, 0.4) is 0 Å². The largest absolute Gasteiger partial charge is 0.383 e. The first-order valence-corrected chi connectivity index (χ1v) is 6.79. The average Bonchev–Trinajstić information content (AvgIpc) is 2.39. The first-order chi connectivity index (χ1) is 9.56. The van der Waals surface area contributed by atoms with Gasteiger partial charge in [0.2, 0.25) is 5.91 Å². The molecule has 0 saturated heterocycles. The Morgan fingerprint density at radius 2 is 2.20 bits per heavy atom. The van der Waals surface area contributed by atoms with E-state index < -0.39 is 0 Å². The number of carbonyl (C=O) groups is 1. The standard InChI is InChI=1S/C14H23N3O3/c1-4-15-11(2)9-13(18)16-12-5-6-14(19)17(10-12)7-8-20-3/h5-6,10-11,15H,4,7-9H2,1-3H3,(H,16,18). The van der Waals surface area contributed by atoms with Crippen molar-refractivity contribution in [2.45, 2.75) is 32.9 Å². The lowest BCUT2D eigenvalue weighted by molar-refractivity contribution is -0.116. The minimum absolute atomic E-state index is 0.0737. The molecule has 1 atom stereocenters. The maximum absolute atomic E-state index is 11.8. The van der Waals surface area contributed by atoms with Crippen LogP contribution in [0.25, 0.3) is 0 Å². The van der Waals surface area contributed by atoms with Gasteiger partial charge < -0.3 is 19.9 Å². The maximum atomic E-state index is 11.8. The molecule has 0 bridgehead atoms. The molecule has 1 unspecified atom stereocenters. The van der Waals surface area contributed by atoms with E-state index in [0.29, 0.717) is 25.3 Å². The third kappa shape index (κ3) is 5.54. The number of pyridine rings is 1. The van der Waals surface area contributed by atoms with Crippen LogP contribution in [-0.4, -0.2) is 36.8 Å². The van der Waals surface area contributed by atoms with Gasteiger partial charge in [-0.3, -0.25) is 9.59 Å². The van der Waals surface area contributed by atoms with Crippen molar-refractivity contribution in [3.05, 3.63) is 28.7 Å². The van der Waals surface area contributed by atoms with Crippen LogP contribution in [0.5, 0.6) is 0 Å². The van der Waals surface area contributed by atoms with Crippen LogP contribution in [-0.2, 0) is 16.1 Å². The Balaban J connectivity index is 2.63. The SMILES string of the molecule is CCNC(C)CC(=O)Nc1ccc(=O)n(CCOC)c1. The summed E-state index contributed by atoms with van der Waals surface area (Å²) in [7, 11) is 1.58. The monoisotopic (exact) mass is 281 g/mol. The highest BCUT2D eigenvalue weighted by Crippen LogP contribution is 2.05. The Labute approximate surface area is 119 Å². The van der Waals surface area contributed by atoms with Crippen LogP contribution in [0.1, 0.15) is 20.3 Å². The van der Waals surface area contributed by atoms with E-state index in [1.165, 1.54) is 10.6 Å². The molecule has 0 fully saturated rings. The van der Waals surface area contributed by atoms with E-state index in [4.69, 9.17) is 4.74 Å². The number of rotatable bonds is 8. The van der Waals surface area contributed by atoms with Gasteiger partial charge in [-0.1, -0.05) is 6.92 Å². The maximum Gasteiger partial charge on any atom is 0.250 e. The highest BCUT2D eigenvalue weighted by Gasteiger charge is 2.08. The summed E-state index contributed by atoms with van der Waals surface area (Å²) in [6.45, 7) is 5.71. The fraction of sp³-hybridized carbons (Fsp3) is 0.571. The van der Waals surface area contributed by atoms with E-state index in [2.05, 4.69) is 10.6 Å². The third-order valence-electron chi connectivity index (χ3n) is 2.85. The van der Waals surface area contributed by atoms with Crippen molar-refractivity contribution in [1.29, 1.82) is 0 Å². The molecule has 0 spiro atoms. The Morgan fingerprint density at radius 3 is 2.85 bits per heavy atom. The number of hydrogen-bond donors (Lipinski definition) is 2. The van der Waals surface area contributed by atoms with Crippen LogP contribution in [0.15, 0.2) is 23.1 Å². The lowest BCUT2D eigenvalue weighted by Crippen LogP contribution is -2.30. The van der Waals surface area contributed by atoms with Crippen molar-refractivity contribution < 1.29 is 9.53 Å². The molecule has 6 heteroatoms. The van der Waals surface area contributed by atoms with E-state index in [1.54, 1.807) is 19.4 Å². The van der Waals surface area contributed by atoms with Gasteiger partial charge in [0.1, 0.15) is 0 Å². The molecule has 1 heterocycles. The molecular formula is C14H23N3O3. The number of aromatic nitrogens is 1. The van der Waals surface area contributed by atoms with E-state index in [1.807, 2.05) is 13.8 Å². The predicted octanol–water partition coefficient (Wildman–Crippen LogP) is 0.821. The van der Waals surface area contributed by atoms with E-state index in [0.717, 1.165) is 6.54 Å². The van der Waals surface area contributed by atoms with Crippen LogP contribution in [0.4, 0.5) is 5.69 Å². The summed E-state index contributed by atoms with van der Waals surface area (Å²) in [6.07, 6.45) is 2.03. The second-order valence-electron chi connectivity index (χ2n) is 4.65. The fourth-order valence-electron chi connectivity index (χ4n) is 1.88. The van der Waals surface area contributed by atoms with Crippen LogP contribution in [0, 0.1) is 0 Å². The second-order valence-corrected chi connectivity index (χ2v) is 4.65. The van der Waals surface area contributed by atoms with Gasteiger partial charge in [0.05, 0.1) is 12.3 Å². The molecule has 0 radical (unpaired) electrons. The number of methoxy groups -OCH3 is 1. The van der Waals surface area contributed by atoms with Gasteiger partial charge >= 0.3 is 0 Å². The predicted molar refractivity (Wildman–Crippen MR) is 79.0 cm³/mol. The minimum atomic E-state index is -0.110. The number of carbonyl (C=O) groups excluding carboxylic acids is 1. The fourth-order valence-corrected chi connectivity index (χ4v) is 1.88. The summed E-state index contributed by atoms with van der Waals surface area (Å²) in [5.74, 6) is -0.0737. The second kappa shape index (κ2) is 8.50. The number of hydrogen-bond acceptors (Lipinski definition) is 4. The van der Waals surface area contributed by atoms with Crippen LogP contribution < -0.4 is 16.2 Å². The summed E-state index contributed by atoms with van der Waals surface area (Å²) >= 11 is 0. The molecule has 0 saturated carbocycles. The highest BCUT2D eigenvalue weighted by molar-refractivity contribution is 5.90. The number of amides is 1. The van der Waals surface area contributed by atoms with E-state index in [-0.39, 0.29) is 17.5 Å². The summed E-state index contributed by atoms with van der Waals surface area (Å²) in [5.41, 5.74) is 0.510. The molecule has 1 rings (SSSR count). The van der Waals surface area contributed by atoms with Crippen molar-refractivity contribution in [2.24, 2.45) is 0 Å². The zero-order valence-corrected chi connectivity index (χ0v) is 12.3. The Kier molecular flexibility index (Phi) is 6.97. The summed E-state index contributed by atoms with van der Waals surface area (Å²) in [6, 6.07) is 3.18. The van der Waals surface area contributed by atoms with Crippen LogP contribution in [0.2, 0.25) is 0 Å². The first-order valence-electron chi connectivity index (χ1n) is 6.79. The molecule has 6 nitrogen and oxygen atoms in total. The number of nitrogens with one attached hydrogen (secondary N) is 2. The van der Waals surface area contributed by atoms with Gasteiger partial charge in [0.25, 0.3) is 5.56 Å². The first kappa shape index (κ1) is 16.4. The van der Waals surface area contributed by atoms with E-state index >= 15 is 0 Å². The van der Waals surface area contributed by atoms with Gasteiger partial charge in [0.15, 0.2) is 0 Å². The third-order valence-corrected chi connectivity index (χ3v) is 2.85. The molecule has 0 aliphatic heterocycles. The number of anilines is 1. The Hall–Kier alpha value is -1.66. The molecule has 1 amide bonds. The van der Waals surface area contributed by atoms with Crippen molar-refractivity contribution in [2.75, 3.05) is 25.6 Å². The smallest absolute Gasteiger partial charge is 0.250 e. The Morgan fingerprint density at radius 1 is 1.45 bits per heavy atom. The molecule has 112 valence electrons. The molecule has 20 heavy (non-hydrogen) atoms. The topological polar surface area (TPSA) is 72.4 Å². The van der Waals surface area contributed by atoms with Gasteiger partial charge in [-0.25, -0.2) is 0 Å². The average molecular weight is 281 g/mol. The molecule has 0 aliphatic rings. The molecule has 0 aliphatic carbocycles. The zero-order chi connectivity index (χ0) is 15.0. The van der Waals surface area contributed by atoms with Gasteiger partial charge in [-0.2, -0.15) is 0 Å². The number of nitrogens with zero attached hydrogens (tertiary/aromatic N) is 1. The molecule has 0 aromatic carbocycles. The normalized spacial score (nSPS) is 12.2. The van der Waals surface area contributed by atoms with Crippen LogP contribution >= 0.6 is 0 Å². The summed E-state index contributed by atoms with van der Waals surface area (Å²) in [5, 5.41) is 5.97. The minimum Gasteiger partial charge on any atom is -0.383 e. The van der Waals surface area contributed by atoms with Crippen molar-refractivity contribution in [3.8, 4) is 0 Å². The summed E-state index contributed by atoms with van der Waals surface area (Å²) in [4.78, 5) is 23.5. The molecular weight excluding hydrogens is 258 g/mol. The lowest BCUT2D eigenvalue weighted by atomic mass is 10.2. The molecule has 2 N–H and O–H groups in total. The molecule has 1 aromatic heterocycles. The summed E-state index contributed by atoms with van der Waals surface area (Å²) < 4.78 is 6.47. The zero-order valence-electron chi connectivity index (χ0n) is 12.3. The lowest BCUT2D eigenvalue weighted by Gasteiger charge is -2.13.